The maximum absolute atomic E-state index is 12.9. The van der Waals surface area contributed by atoms with Gasteiger partial charge in [0.15, 0.2) is 19.7 Å². The lowest BCUT2D eigenvalue weighted by Gasteiger charge is -2.43. The van der Waals surface area contributed by atoms with Gasteiger partial charge < -0.3 is 23.7 Å². The first kappa shape index (κ1) is 35.0. The topological polar surface area (TPSA) is 103 Å². The minimum absolute atomic E-state index is 0.0145. The van der Waals surface area contributed by atoms with Gasteiger partial charge in [0.25, 0.3) is 0 Å². The SMILES string of the molecule is CC[Si](CC)(CC)O[C@@]12C#C/C=C\C#C[C@H](O)C(=C(NC(=O)OC)C(OC(=O)OC(C)(C)C)=C1)/C2=C\CSSSC. The molecular weight excluding hydrogens is 599 g/mol. The highest BCUT2D eigenvalue weighted by molar-refractivity contribution is 9.09. The number of ether oxygens (including phenoxy) is 3. The molecule has 2 aliphatic carbocycles. The molecule has 2 bridgehead atoms. The highest BCUT2D eigenvalue weighted by Crippen LogP contribution is 2.44. The normalized spacial score (nSPS) is 21.9. The van der Waals surface area contributed by atoms with Gasteiger partial charge in [-0.25, -0.2) is 9.59 Å². The van der Waals surface area contributed by atoms with Crippen LogP contribution in [0.4, 0.5) is 9.59 Å². The number of carbonyl (C=O) groups is 2. The highest BCUT2D eigenvalue weighted by atomic mass is 33.5. The lowest BCUT2D eigenvalue weighted by Crippen LogP contribution is -2.50. The fraction of sp³-hybridized carbons (Fsp3) is 0.517. The number of rotatable bonds is 11. The van der Waals surface area contributed by atoms with Crippen molar-refractivity contribution in [3.8, 4) is 23.7 Å². The molecule has 0 heterocycles. The molecule has 1 amide bonds. The number of fused-ring (bicyclic) bond motifs is 2. The summed E-state index contributed by atoms with van der Waals surface area (Å²) in [6.45, 7) is 11.4. The molecule has 0 fully saturated rings. The number of allylic oxidation sites excluding steroid dienone is 2. The van der Waals surface area contributed by atoms with E-state index in [0.29, 0.717) is 11.3 Å². The average Bonchev–Trinajstić information content (AvgIpc) is 2.92. The third kappa shape index (κ3) is 9.67. The van der Waals surface area contributed by atoms with Crippen LogP contribution in [0.1, 0.15) is 41.5 Å². The third-order valence-corrected chi connectivity index (χ3v) is 14.7. The van der Waals surface area contributed by atoms with Crippen molar-refractivity contribution in [3.05, 3.63) is 46.9 Å². The van der Waals surface area contributed by atoms with Gasteiger partial charge in [-0.15, -0.1) is 0 Å². The number of hydrogen-bond acceptors (Lipinski definition) is 10. The molecule has 2 aliphatic rings. The number of amides is 1. The van der Waals surface area contributed by atoms with Crippen molar-refractivity contribution in [2.75, 3.05) is 19.1 Å². The quantitative estimate of drug-likeness (QED) is 0.0833. The zero-order valence-corrected chi connectivity index (χ0v) is 28.3. The maximum atomic E-state index is 12.9. The summed E-state index contributed by atoms with van der Waals surface area (Å²) in [5.74, 6) is 12.3. The molecule has 2 N–H and O–H groups in total. The Labute approximate surface area is 256 Å². The van der Waals surface area contributed by atoms with Gasteiger partial charge in [-0.1, -0.05) is 72.1 Å². The van der Waals surface area contributed by atoms with Crippen LogP contribution in [-0.2, 0) is 18.6 Å². The first-order valence-corrected chi connectivity index (χ1v) is 19.8. The second-order valence-corrected chi connectivity index (χ2v) is 19.1. The second kappa shape index (κ2) is 15.9. The van der Waals surface area contributed by atoms with E-state index in [1.165, 1.54) is 7.11 Å². The van der Waals surface area contributed by atoms with E-state index in [1.54, 1.807) is 70.4 Å². The van der Waals surface area contributed by atoms with E-state index in [2.05, 4.69) is 49.8 Å². The molecule has 224 valence electrons. The Bertz CT molecular complexity index is 1220. The van der Waals surface area contributed by atoms with E-state index in [9.17, 15) is 14.7 Å². The van der Waals surface area contributed by atoms with Crippen molar-refractivity contribution < 1.29 is 33.3 Å². The molecule has 0 saturated carbocycles. The Kier molecular flexibility index (Phi) is 13.6. The van der Waals surface area contributed by atoms with Crippen LogP contribution in [0.3, 0.4) is 0 Å². The molecule has 8 nitrogen and oxygen atoms in total. The summed E-state index contributed by atoms with van der Waals surface area (Å²) >= 11 is 0. The summed E-state index contributed by atoms with van der Waals surface area (Å²) in [5, 5.41) is 14.1. The van der Waals surface area contributed by atoms with Gasteiger partial charge in [0.05, 0.1) is 12.8 Å². The summed E-state index contributed by atoms with van der Waals surface area (Å²) in [5.41, 5.74) is -1.52. The highest BCUT2D eigenvalue weighted by Gasteiger charge is 2.48. The van der Waals surface area contributed by atoms with Crippen molar-refractivity contribution in [1.82, 2.24) is 5.32 Å². The van der Waals surface area contributed by atoms with Crippen LogP contribution in [0.5, 0.6) is 0 Å². The number of alkyl carbamates (subject to hydrolysis) is 1. The Morgan fingerprint density at radius 1 is 1.17 bits per heavy atom. The van der Waals surface area contributed by atoms with Crippen LogP contribution in [0.2, 0.25) is 18.1 Å². The predicted molar refractivity (Wildman–Crippen MR) is 171 cm³/mol. The van der Waals surface area contributed by atoms with Crippen LogP contribution in [0.15, 0.2) is 46.9 Å². The first-order valence-electron chi connectivity index (χ1n) is 13.2. The third-order valence-electron chi connectivity index (χ3n) is 6.32. The molecule has 0 spiro atoms. The number of hydrogen-bond donors (Lipinski definition) is 2. The summed E-state index contributed by atoms with van der Waals surface area (Å²) in [4.78, 5) is 25.5. The van der Waals surface area contributed by atoms with Crippen molar-refractivity contribution in [1.29, 1.82) is 0 Å². The van der Waals surface area contributed by atoms with Gasteiger partial charge in [-0.2, -0.15) is 0 Å². The summed E-state index contributed by atoms with van der Waals surface area (Å²) in [6, 6.07) is 2.44. The molecule has 0 radical (unpaired) electrons. The van der Waals surface area contributed by atoms with Crippen molar-refractivity contribution >= 4 is 52.0 Å². The summed E-state index contributed by atoms with van der Waals surface area (Å²) in [7, 11) is 3.64. The molecule has 0 aromatic carbocycles. The van der Waals surface area contributed by atoms with E-state index in [4.69, 9.17) is 18.6 Å². The van der Waals surface area contributed by atoms with Crippen LogP contribution >= 0.6 is 31.4 Å². The maximum Gasteiger partial charge on any atom is 0.514 e. The molecule has 41 heavy (non-hydrogen) atoms. The number of aliphatic hydroxyl groups excluding tert-OH is 1. The number of methoxy groups -OCH3 is 1. The van der Waals surface area contributed by atoms with Gasteiger partial charge in [-0.3, -0.25) is 5.32 Å². The predicted octanol–water partition coefficient (Wildman–Crippen LogP) is 6.73. The Hall–Kier alpha value is -2.19. The fourth-order valence-electron chi connectivity index (χ4n) is 4.22. The Morgan fingerprint density at radius 3 is 2.41 bits per heavy atom. The van der Waals surface area contributed by atoms with Crippen molar-refractivity contribution in [3.63, 3.8) is 0 Å². The monoisotopic (exact) mass is 637 g/mol. The zero-order chi connectivity index (χ0) is 30.7. The number of carbonyl (C=O) groups excluding carboxylic acids is 2. The van der Waals surface area contributed by atoms with Crippen molar-refractivity contribution in [2.45, 2.75) is 77.0 Å². The van der Waals surface area contributed by atoms with E-state index in [0.717, 1.165) is 18.1 Å². The Balaban J connectivity index is 3.00. The minimum atomic E-state index is -2.40. The van der Waals surface area contributed by atoms with Gasteiger partial charge in [-0.05, 0) is 67.1 Å². The van der Waals surface area contributed by atoms with E-state index in [-0.39, 0.29) is 17.0 Å². The van der Waals surface area contributed by atoms with Gasteiger partial charge in [0.1, 0.15) is 11.7 Å². The Morgan fingerprint density at radius 2 is 1.83 bits per heavy atom. The molecule has 2 atom stereocenters. The summed E-state index contributed by atoms with van der Waals surface area (Å²) < 4.78 is 23.2. The smallest absolute Gasteiger partial charge is 0.453 e. The second-order valence-electron chi connectivity index (χ2n) is 9.99. The van der Waals surface area contributed by atoms with Crippen LogP contribution in [-0.4, -0.2) is 62.1 Å². The molecule has 0 unspecified atom stereocenters. The molecular formula is C29H39NO7S3Si. The van der Waals surface area contributed by atoms with Crippen molar-refractivity contribution in [2.24, 2.45) is 0 Å². The first-order chi connectivity index (χ1) is 19.4. The van der Waals surface area contributed by atoms with Crippen LogP contribution in [0, 0.1) is 23.7 Å². The van der Waals surface area contributed by atoms with E-state index >= 15 is 0 Å². The van der Waals surface area contributed by atoms with E-state index in [1.807, 2.05) is 12.3 Å². The molecule has 0 saturated heterocycles. The summed E-state index contributed by atoms with van der Waals surface area (Å²) in [6.07, 6.45) is 5.42. The van der Waals surface area contributed by atoms with Crippen LogP contribution < -0.4 is 5.32 Å². The lowest BCUT2D eigenvalue weighted by molar-refractivity contribution is 0.00608. The molecule has 2 rings (SSSR count). The van der Waals surface area contributed by atoms with Crippen LogP contribution in [0.25, 0.3) is 0 Å². The number of aliphatic hydroxyl groups is 1. The van der Waals surface area contributed by atoms with Gasteiger partial charge in [0, 0.05) is 23.0 Å². The van der Waals surface area contributed by atoms with Gasteiger partial charge >= 0.3 is 12.2 Å². The lowest BCUT2D eigenvalue weighted by atomic mass is 9.79. The number of nitrogens with one attached hydrogen (secondary N) is 1. The largest absolute Gasteiger partial charge is 0.514 e. The molecule has 0 aromatic heterocycles. The van der Waals surface area contributed by atoms with E-state index < -0.39 is 37.9 Å². The minimum Gasteiger partial charge on any atom is -0.453 e. The molecule has 0 aromatic rings. The molecule has 0 aliphatic heterocycles. The molecule has 12 heteroatoms. The average molecular weight is 638 g/mol. The standard InChI is InChI=1S/C29H39NO7S3Si/c1-9-41(10-2,11-3)37-29-18-15-13-12-14-16-22(31)24(21(29)17-19-39-40-38-8)25(30-26(32)34-7)23(20-29)35-27(33)36-28(4,5)6/h12-13,17,20,22,31H,9-11,19H2,1-8H3,(H,30,32)/b13-12-,21-17+/t22-,29-/m0/s1. The van der Waals surface area contributed by atoms with Gasteiger partial charge in [0.2, 0.25) is 0 Å². The zero-order valence-electron chi connectivity index (χ0n) is 24.8. The fourth-order valence-corrected chi connectivity index (χ4v) is 9.46.